The van der Waals surface area contributed by atoms with E-state index in [4.69, 9.17) is 9.47 Å². The molecule has 0 aliphatic carbocycles. The highest BCUT2D eigenvalue weighted by molar-refractivity contribution is 7.12. The Kier molecular flexibility index (Phi) is 4.14. The van der Waals surface area contributed by atoms with E-state index in [1.54, 1.807) is 29.5 Å². The van der Waals surface area contributed by atoms with Gasteiger partial charge in [0.15, 0.2) is 5.60 Å². The van der Waals surface area contributed by atoms with Gasteiger partial charge in [-0.15, -0.1) is 11.3 Å². The molecule has 3 rings (SSSR count). The molecule has 1 aliphatic rings. The number of ether oxygens (including phenoxy) is 2. The second kappa shape index (κ2) is 6.07. The summed E-state index contributed by atoms with van der Waals surface area (Å²) in [7, 11) is 0. The van der Waals surface area contributed by atoms with Crippen LogP contribution in [-0.2, 0) is 15.1 Å². The largest absolute Gasteiger partial charge is 0.447 e. The van der Waals surface area contributed by atoms with Gasteiger partial charge in [0.25, 0.3) is 0 Å². The van der Waals surface area contributed by atoms with Crippen molar-refractivity contribution < 1.29 is 14.3 Å². The molecule has 0 spiro atoms. The lowest BCUT2D eigenvalue weighted by molar-refractivity contribution is -0.0240. The van der Waals surface area contributed by atoms with Gasteiger partial charge in [-0.2, -0.15) is 0 Å². The average molecular weight is 314 g/mol. The first-order valence-electron chi connectivity index (χ1n) is 7.23. The second-order valence-corrected chi connectivity index (χ2v) is 6.71. The van der Waals surface area contributed by atoms with E-state index >= 15 is 0 Å². The van der Waals surface area contributed by atoms with Crippen LogP contribution in [0, 0.1) is 6.92 Å². The van der Waals surface area contributed by atoms with Gasteiger partial charge < -0.3 is 9.47 Å². The molecule has 2 aromatic rings. The van der Waals surface area contributed by atoms with Crippen molar-refractivity contribution in [3.8, 4) is 0 Å². The molecule has 3 nitrogen and oxygen atoms in total. The molecule has 2 heterocycles. The van der Waals surface area contributed by atoms with Gasteiger partial charge in [-0.3, -0.25) is 0 Å². The van der Waals surface area contributed by atoms with Crippen LogP contribution in [0.1, 0.15) is 32.1 Å². The summed E-state index contributed by atoms with van der Waals surface area (Å²) >= 11 is 1.66. The van der Waals surface area contributed by atoms with Crippen molar-refractivity contribution in [2.75, 3.05) is 13.2 Å². The third-order valence-corrected chi connectivity index (χ3v) is 5.03. The Hall–Kier alpha value is -1.91. The molecular formula is C18H18O3S. The summed E-state index contributed by atoms with van der Waals surface area (Å²) in [5, 5.41) is 0. The van der Waals surface area contributed by atoms with Gasteiger partial charge in [-0.1, -0.05) is 24.8 Å². The molecule has 0 N–H and O–H groups in total. The third-order valence-electron chi connectivity index (χ3n) is 3.85. The van der Waals surface area contributed by atoms with Crippen LogP contribution < -0.4 is 0 Å². The molecule has 1 aromatic heterocycles. The van der Waals surface area contributed by atoms with E-state index in [1.807, 2.05) is 31.2 Å². The molecule has 1 fully saturated rings. The lowest BCUT2D eigenvalue weighted by atomic mass is 10.0. The maximum absolute atomic E-state index is 12.5. The van der Waals surface area contributed by atoms with E-state index in [0.717, 1.165) is 10.4 Å². The molecular weight excluding hydrogens is 296 g/mol. The third kappa shape index (κ3) is 2.85. The topological polar surface area (TPSA) is 35.5 Å². The molecule has 1 unspecified atom stereocenters. The van der Waals surface area contributed by atoms with Crippen molar-refractivity contribution in [3.05, 3.63) is 63.9 Å². The molecule has 1 atom stereocenters. The van der Waals surface area contributed by atoms with E-state index in [1.165, 1.54) is 4.88 Å². The minimum atomic E-state index is -0.646. The van der Waals surface area contributed by atoms with Crippen LogP contribution in [0.3, 0.4) is 0 Å². The SMILES string of the molecule is C=Cc1ccc(C(=O)OC2(c3ccc(C)s3)CCOC2)cc1. The summed E-state index contributed by atoms with van der Waals surface area (Å²) in [4.78, 5) is 14.7. The van der Waals surface area contributed by atoms with Crippen LogP contribution in [0.5, 0.6) is 0 Å². The minimum absolute atomic E-state index is 0.313. The summed E-state index contributed by atoms with van der Waals surface area (Å²) in [6, 6.07) is 11.3. The fraction of sp³-hybridized carbons (Fsp3) is 0.278. The first-order valence-corrected chi connectivity index (χ1v) is 8.05. The van der Waals surface area contributed by atoms with Gasteiger partial charge in [0.2, 0.25) is 0 Å². The molecule has 0 radical (unpaired) electrons. The lowest BCUT2D eigenvalue weighted by Gasteiger charge is -2.26. The van der Waals surface area contributed by atoms with Gasteiger partial charge in [-0.05, 0) is 36.8 Å². The number of rotatable bonds is 4. The molecule has 4 heteroatoms. The molecule has 22 heavy (non-hydrogen) atoms. The highest BCUT2D eigenvalue weighted by Crippen LogP contribution is 2.39. The number of hydrogen-bond donors (Lipinski definition) is 0. The van der Waals surface area contributed by atoms with Crippen LogP contribution in [0.2, 0.25) is 0 Å². The standard InChI is InChI=1S/C18H18O3S/c1-3-14-5-7-15(8-6-14)17(19)21-18(10-11-20-12-18)16-9-4-13(2)22-16/h3-9H,1,10-12H2,2H3. The van der Waals surface area contributed by atoms with E-state index in [0.29, 0.717) is 25.2 Å². The number of hydrogen-bond acceptors (Lipinski definition) is 4. The Morgan fingerprint density at radius 2 is 2.09 bits per heavy atom. The number of aryl methyl sites for hydroxylation is 1. The highest BCUT2D eigenvalue weighted by atomic mass is 32.1. The highest BCUT2D eigenvalue weighted by Gasteiger charge is 2.42. The Balaban J connectivity index is 1.84. The summed E-state index contributed by atoms with van der Waals surface area (Å²) in [6.45, 7) is 6.79. The predicted molar refractivity (Wildman–Crippen MR) is 88.1 cm³/mol. The van der Waals surface area contributed by atoms with E-state index in [2.05, 4.69) is 6.58 Å². The van der Waals surface area contributed by atoms with Gasteiger partial charge >= 0.3 is 5.97 Å². The van der Waals surface area contributed by atoms with Crippen LogP contribution in [0.25, 0.3) is 6.08 Å². The zero-order valence-corrected chi connectivity index (χ0v) is 13.3. The van der Waals surface area contributed by atoms with Crippen molar-refractivity contribution in [2.45, 2.75) is 18.9 Å². The maximum Gasteiger partial charge on any atom is 0.339 e. The number of carbonyl (C=O) groups is 1. The molecule has 0 saturated carbocycles. The van der Waals surface area contributed by atoms with Crippen molar-refractivity contribution in [3.63, 3.8) is 0 Å². The Morgan fingerprint density at radius 1 is 1.32 bits per heavy atom. The molecule has 1 aromatic carbocycles. The average Bonchev–Trinajstić information content (AvgIpc) is 3.17. The van der Waals surface area contributed by atoms with E-state index < -0.39 is 5.60 Å². The van der Waals surface area contributed by atoms with Gasteiger partial charge in [0, 0.05) is 11.3 Å². The summed E-state index contributed by atoms with van der Waals surface area (Å²) < 4.78 is 11.4. The smallest absolute Gasteiger partial charge is 0.339 e. The first-order chi connectivity index (χ1) is 10.6. The van der Waals surface area contributed by atoms with Crippen LogP contribution in [0.15, 0.2) is 43.0 Å². The van der Waals surface area contributed by atoms with Crippen LogP contribution >= 0.6 is 11.3 Å². The predicted octanol–water partition coefficient (Wildman–Crippen LogP) is 4.17. The van der Waals surface area contributed by atoms with Gasteiger partial charge in [-0.25, -0.2) is 4.79 Å². The molecule has 1 saturated heterocycles. The number of thiophene rings is 1. The van der Waals surface area contributed by atoms with Gasteiger partial charge in [0.05, 0.1) is 23.7 Å². The summed E-state index contributed by atoms with van der Waals surface area (Å²) in [5.41, 5.74) is 0.877. The van der Waals surface area contributed by atoms with Gasteiger partial charge in [0.1, 0.15) is 0 Å². The molecule has 0 bridgehead atoms. The number of carbonyl (C=O) groups excluding carboxylic acids is 1. The van der Waals surface area contributed by atoms with E-state index in [-0.39, 0.29) is 5.97 Å². The molecule has 1 aliphatic heterocycles. The van der Waals surface area contributed by atoms with Crippen molar-refractivity contribution >= 4 is 23.4 Å². The van der Waals surface area contributed by atoms with Crippen LogP contribution in [0.4, 0.5) is 0 Å². The summed E-state index contributed by atoms with van der Waals surface area (Å²) in [6.07, 6.45) is 2.44. The Labute approximate surface area is 134 Å². The van der Waals surface area contributed by atoms with Crippen molar-refractivity contribution in [1.82, 2.24) is 0 Å². The zero-order valence-electron chi connectivity index (χ0n) is 12.5. The maximum atomic E-state index is 12.5. The van der Waals surface area contributed by atoms with Crippen molar-refractivity contribution in [2.24, 2.45) is 0 Å². The monoisotopic (exact) mass is 314 g/mol. The fourth-order valence-electron chi connectivity index (χ4n) is 2.54. The minimum Gasteiger partial charge on any atom is -0.447 e. The molecule has 0 amide bonds. The van der Waals surface area contributed by atoms with Crippen LogP contribution in [-0.4, -0.2) is 19.2 Å². The van der Waals surface area contributed by atoms with Crippen molar-refractivity contribution in [1.29, 1.82) is 0 Å². The normalized spacial score (nSPS) is 20.8. The Bertz CT molecular complexity index is 679. The first kappa shape index (κ1) is 15.0. The van der Waals surface area contributed by atoms with E-state index in [9.17, 15) is 4.79 Å². The fourth-order valence-corrected chi connectivity index (χ4v) is 3.55. The lowest BCUT2D eigenvalue weighted by Crippen LogP contribution is -2.32. The second-order valence-electron chi connectivity index (χ2n) is 5.42. The number of esters is 1. The Morgan fingerprint density at radius 3 is 2.64 bits per heavy atom. The zero-order chi connectivity index (χ0) is 15.6. The quantitative estimate of drug-likeness (QED) is 0.795. The number of benzene rings is 1. The summed E-state index contributed by atoms with van der Waals surface area (Å²) in [5.74, 6) is -0.313. The molecule has 114 valence electrons.